The fourth-order valence-electron chi connectivity index (χ4n) is 5.62. The van der Waals surface area contributed by atoms with Crippen molar-refractivity contribution < 1.29 is 0 Å². The maximum Gasteiger partial charge on any atom is 0.165 e. The molecule has 0 amide bonds. The molecule has 0 spiro atoms. The smallest absolute Gasteiger partial charge is 0.165 e. The number of hydrogen-bond donors (Lipinski definition) is 0. The molecule has 0 N–H and O–H groups in total. The second-order valence-electron chi connectivity index (χ2n) is 9.47. The standard InChI is InChI=1S/C27H38N4/c1-8-10-11-14-30-22(9-2)12-13-23-20(6)28-26-25(21(7)29-31(26)27(23)30)24-18(4)15-17(3)16-19(24)5/h15-16,22H,8-14H2,1-7H3. The van der Waals surface area contributed by atoms with Gasteiger partial charge in [0.1, 0.15) is 5.82 Å². The summed E-state index contributed by atoms with van der Waals surface area (Å²) < 4.78 is 2.18. The van der Waals surface area contributed by atoms with Crippen molar-refractivity contribution in [1.82, 2.24) is 14.6 Å². The Bertz CT molecular complexity index is 1090. The highest BCUT2D eigenvalue weighted by atomic mass is 15.4. The van der Waals surface area contributed by atoms with E-state index in [1.165, 1.54) is 77.0 Å². The highest BCUT2D eigenvalue weighted by Crippen LogP contribution is 2.39. The van der Waals surface area contributed by atoms with Gasteiger partial charge in [-0.05, 0) is 77.0 Å². The van der Waals surface area contributed by atoms with E-state index in [1.54, 1.807) is 0 Å². The van der Waals surface area contributed by atoms with Crippen LogP contribution in [-0.2, 0) is 6.42 Å². The van der Waals surface area contributed by atoms with Crippen LogP contribution in [0, 0.1) is 34.6 Å². The molecule has 4 heteroatoms. The van der Waals surface area contributed by atoms with Gasteiger partial charge in [-0.3, -0.25) is 0 Å². The molecule has 166 valence electrons. The molecular formula is C27H38N4. The summed E-state index contributed by atoms with van der Waals surface area (Å²) in [6.45, 7) is 16.7. The van der Waals surface area contributed by atoms with Crippen LogP contribution in [0.25, 0.3) is 16.8 Å². The second kappa shape index (κ2) is 8.64. The molecule has 3 aromatic rings. The van der Waals surface area contributed by atoms with Crippen molar-refractivity contribution >= 4 is 11.5 Å². The average molecular weight is 419 g/mol. The van der Waals surface area contributed by atoms with Gasteiger partial charge in [0.2, 0.25) is 0 Å². The minimum atomic E-state index is 0.588. The maximum absolute atomic E-state index is 5.15. The largest absolute Gasteiger partial charge is 0.353 e. The van der Waals surface area contributed by atoms with Gasteiger partial charge in [-0.15, -0.1) is 0 Å². The van der Waals surface area contributed by atoms with Gasteiger partial charge in [-0.2, -0.15) is 9.61 Å². The van der Waals surface area contributed by atoms with Crippen molar-refractivity contribution in [1.29, 1.82) is 0 Å². The molecule has 0 bridgehead atoms. The van der Waals surface area contributed by atoms with Crippen molar-refractivity contribution in [3.05, 3.63) is 45.8 Å². The Kier molecular flexibility index (Phi) is 6.09. The predicted octanol–water partition coefficient (Wildman–Crippen LogP) is 6.66. The lowest BCUT2D eigenvalue weighted by atomic mass is 9.93. The number of unbranched alkanes of at least 4 members (excludes halogenated alkanes) is 2. The third-order valence-electron chi connectivity index (χ3n) is 7.06. The average Bonchev–Trinajstić information content (AvgIpc) is 3.03. The molecule has 1 aliphatic heterocycles. The van der Waals surface area contributed by atoms with Crippen molar-refractivity contribution in [2.45, 2.75) is 93.0 Å². The fourth-order valence-corrected chi connectivity index (χ4v) is 5.62. The van der Waals surface area contributed by atoms with Crippen LogP contribution >= 0.6 is 0 Å². The quantitative estimate of drug-likeness (QED) is 0.420. The Morgan fingerprint density at radius 3 is 2.29 bits per heavy atom. The molecule has 4 nitrogen and oxygen atoms in total. The molecule has 1 atom stereocenters. The van der Waals surface area contributed by atoms with E-state index in [0.29, 0.717) is 6.04 Å². The molecule has 0 radical (unpaired) electrons. The van der Waals surface area contributed by atoms with Crippen molar-refractivity contribution in [3.8, 4) is 11.1 Å². The third-order valence-corrected chi connectivity index (χ3v) is 7.06. The number of anilines is 1. The molecular weight excluding hydrogens is 380 g/mol. The normalized spacial score (nSPS) is 16.2. The Morgan fingerprint density at radius 1 is 0.935 bits per heavy atom. The van der Waals surface area contributed by atoms with Crippen molar-refractivity contribution in [2.75, 3.05) is 11.4 Å². The summed E-state index contributed by atoms with van der Waals surface area (Å²) in [6, 6.07) is 5.15. The third kappa shape index (κ3) is 3.75. The van der Waals surface area contributed by atoms with Crippen LogP contribution in [0.3, 0.4) is 0 Å². The molecule has 4 rings (SSSR count). The number of aromatic nitrogens is 3. The first-order chi connectivity index (χ1) is 14.9. The van der Waals surface area contributed by atoms with E-state index >= 15 is 0 Å². The van der Waals surface area contributed by atoms with Crippen LogP contribution < -0.4 is 4.90 Å². The molecule has 3 heterocycles. The minimum absolute atomic E-state index is 0.588. The van der Waals surface area contributed by atoms with Crippen LogP contribution in [-0.4, -0.2) is 27.2 Å². The predicted molar refractivity (Wildman–Crippen MR) is 131 cm³/mol. The summed E-state index contributed by atoms with van der Waals surface area (Å²) in [7, 11) is 0. The summed E-state index contributed by atoms with van der Waals surface area (Å²) in [5.74, 6) is 1.30. The molecule has 1 aromatic carbocycles. The number of benzene rings is 1. The zero-order chi connectivity index (χ0) is 22.3. The first kappa shape index (κ1) is 21.9. The Morgan fingerprint density at radius 2 is 1.65 bits per heavy atom. The van der Waals surface area contributed by atoms with E-state index < -0.39 is 0 Å². The van der Waals surface area contributed by atoms with E-state index in [4.69, 9.17) is 10.1 Å². The SMILES string of the molecule is CCCCCN1c2c(c(C)nc3c(-c4c(C)cc(C)cc4C)c(C)nn23)CCC1CC. The van der Waals surface area contributed by atoms with Gasteiger partial charge in [-0.1, -0.05) is 44.4 Å². The van der Waals surface area contributed by atoms with Gasteiger partial charge in [0, 0.05) is 23.8 Å². The minimum Gasteiger partial charge on any atom is -0.353 e. The monoisotopic (exact) mass is 418 g/mol. The van der Waals surface area contributed by atoms with Gasteiger partial charge in [-0.25, -0.2) is 4.98 Å². The number of hydrogen-bond acceptors (Lipinski definition) is 3. The number of fused-ring (bicyclic) bond motifs is 3. The molecule has 31 heavy (non-hydrogen) atoms. The van der Waals surface area contributed by atoms with Gasteiger partial charge >= 0.3 is 0 Å². The summed E-state index contributed by atoms with van der Waals surface area (Å²) in [5.41, 5.74) is 11.1. The Balaban J connectivity index is 1.96. The molecule has 2 aromatic heterocycles. The number of aryl methyl sites for hydroxylation is 5. The second-order valence-corrected chi connectivity index (χ2v) is 9.47. The van der Waals surface area contributed by atoms with Crippen LogP contribution in [0.2, 0.25) is 0 Å². The van der Waals surface area contributed by atoms with E-state index in [0.717, 1.165) is 24.3 Å². The van der Waals surface area contributed by atoms with E-state index in [1.807, 2.05) is 0 Å². The lowest BCUT2D eigenvalue weighted by Crippen LogP contribution is -2.41. The summed E-state index contributed by atoms with van der Waals surface area (Å²) in [5, 5.41) is 5.11. The highest BCUT2D eigenvalue weighted by Gasteiger charge is 2.31. The van der Waals surface area contributed by atoms with Gasteiger partial charge in [0.15, 0.2) is 5.65 Å². The molecule has 0 saturated heterocycles. The van der Waals surface area contributed by atoms with Crippen LogP contribution in [0.1, 0.15) is 79.6 Å². The lowest BCUT2D eigenvalue weighted by molar-refractivity contribution is 0.487. The van der Waals surface area contributed by atoms with Crippen LogP contribution in [0.5, 0.6) is 0 Å². The van der Waals surface area contributed by atoms with E-state index in [2.05, 4.69) is 70.0 Å². The summed E-state index contributed by atoms with van der Waals surface area (Å²) in [6.07, 6.45) is 7.26. The summed E-state index contributed by atoms with van der Waals surface area (Å²) in [4.78, 5) is 7.80. The topological polar surface area (TPSA) is 33.4 Å². The van der Waals surface area contributed by atoms with Gasteiger partial charge in [0.25, 0.3) is 0 Å². The Labute approximate surface area is 187 Å². The van der Waals surface area contributed by atoms with Crippen LogP contribution in [0.4, 0.5) is 5.82 Å². The highest BCUT2D eigenvalue weighted by molar-refractivity contribution is 5.85. The molecule has 1 aliphatic rings. The maximum atomic E-state index is 5.15. The van der Waals surface area contributed by atoms with E-state index in [9.17, 15) is 0 Å². The van der Waals surface area contributed by atoms with Crippen molar-refractivity contribution in [2.24, 2.45) is 0 Å². The van der Waals surface area contributed by atoms with Crippen molar-refractivity contribution in [3.63, 3.8) is 0 Å². The number of nitrogens with zero attached hydrogens (tertiary/aromatic N) is 4. The lowest BCUT2D eigenvalue weighted by Gasteiger charge is -2.39. The molecule has 1 unspecified atom stereocenters. The number of rotatable bonds is 6. The zero-order valence-electron chi connectivity index (χ0n) is 20.5. The molecule has 0 saturated carbocycles. The van der Waals surface area contributed by atoms with Gasteiger partial charge in [0.05, 0.1) is 11.3 Å². The van der Waals surface area contributed by atoms with E-state index in [-0.39, 0.29) is 0 Å². The molecule has 0 aliphatic carbocycles. The zero-order valence-corrected chi connectivity index (χ0v) is 20.5. The Hall–Kier alpha value is -2.36. The van der Waals surface area contributed by atoms with Crippen LogP contribution in [0.15, 0.2) is 12.1 Å². The fraction of sp³-hybridized carbons (Fsp3) is 0.556. The first-order valence-corrected chi connectivity index (χ1v) is 12.1. The molecule has 0 fully saturated rings. The summed E-state index contributed by atoms with van der Waals surface area (Å²) >= 11 is 0. The van der Waals surface area contributed by atoms with Gasteiger partial charge < -0.3 is 4.90 Å². The first-order valence-electron chi connectivity index (χ1n) is 12.1.